The molecule has 0 amide bonds. The molecule has 0 aliphatic rings. The van der Waals surface area contributed by atoms with Gasteiger partial charge in [-0.2, -0.15) is 0 Å². The molecule has 0 atom stereocenters. The summed E-state index contributed by atoms with van der Waals surface area (Å²) < 4.78 is 4.91. The zero-order valence-corrected chi connectivity index (χ0v) is 11.5. The quantitative estimate of drug-likeness (QED) is 0.490. The fourth-order valence-corrected chi connectivity index (χ4v) is 1.85. The minimum Gasteiger partial charge on any atom is -0.461 e. The number of rotatable bonds is 4. The van der Waals surface area contributed by atoms with Gasteiger partial charge in [-0.25, -0.2) is 9.78 Å². The number of hydrogen-bond donors (Lipinski definition) is 0. The second-order valence-corrected chi connectivity index (χ2v) is 4.23. The highest BCUT2D eigenvalue weighted by Crippen LogP contribution is 2.21. The molecular weight excluding hydrogens is 266 g/mol. The van der Waals surface area contributed by atoms with Gasteiger partial charge in [-0.3, -0.25) is 4.79 Å². The van der Waals surface area contributed by atoms with Crippen LogP contribution in [-0.2, 0) is 4.74 Å². The fraction of sp³-hybridized carbons (Fsp3) is 0.118. The Labute approximate surface area is 122 Å². The van der Waals surface area contributed by atoms with Gasteiger partial charge in [0, 0.05) is 5.56 Å². The van der Waals surface area contributed by atoms with E-state index in [1.54, 1.807) is 31.2 Å². The van der Waals surface area contributed by atoms with Crippen molar-refractivity contribution in [3.63, 3.8) is 0 Å². The van der Waals surface area contributed by atoms with E-state index in [1.807, 2.05) is 12.1 Å². The first-order valence-corrected chi connectivity index (χ1v) is 6.39. The van der Waals surface area contributed by atoms with Gasteiger partial charge in [-0.15, -0.1) is 6.42 Å². The van der Waals surface area contributed by atoms with E-state index in [1.165, 1.54) is 0 Å². The number of aromatic nitrogens is 1. The van der Waals surface area contributed by atoms with Crippen LogP contribution in [0.25, 0.3) is 11.1 Å². The first-order valence-electron chi connectivity index (χ1n) is 6.39. The molecule has 0 fully saturated rings. The molecule has 0 bridgehead atoms. The molecule has 104 valence electrons. The van der Waals surface area contributed by atoms with Gasteiger partial charge in [0.05, 0.1) is 6.61 Å². The van der Waals surface area contributed by atoms with Crippen molar-refractivity contribution in [2.24, 2.45) is 0 Å². The Balaban J connectivity index is 2.47. The third kappa shape index (κ3) is 3.34. The first kappa shape index (κ1) is 14.5. The van der Waals surface area contributed by atoms with Crippen LogP contribution in [0.15, 0.2) is 36.4 Å². The van der Waals surface area contributed by atoms with Crippen LogP contribution >= 0.6 is 0 Å². The van der Waals surface area contributed by atoms with Crippen molar-refractivity contribution in [2.75, 3.05) is 6.61 Å². The Bertz CT molecular complexity index is 712. The Hall–Kier alpha value is -2.93. The Morgan fingerprint density at radius 3 is 2.57 bits per heavy atom. The lowest BCUT2D eigenvalue weighted by molar-refractivity contribution is 0.0519. The molecule has 2 aromatic rings. The molecule has 0 saturated heterocycles. The molecule has 1 heterocycles. The van der Waals surface area contributed by atoms with Crippen LogP contribution in [-0.4, -0.2) is 23.8 Å². The second kappa shape index (κ2) is 6.49. The van der Waals surface area contributed by atoms with Gasteiger partial charge in [-0.05, 0) is 42.3 Å². The smallest absolute Gasteiger partial charge is 0.356 e. The molecule has 21 heavy (non-hydrogen) atoms. The molecule has 1 aromatic heterocycles. The van der Waals surface area contributed by atoms with Crippen molar-refractivity contribution in [1.82, 2.24) is 4.98 Å². The van der Waals surface area contributed by atoms with Gasteiger partial charge in [0.15, 0.2) is 6.29 Å². The van der Waals surface area contributed by atoms with Gasteiger partial charge in [0.2, 0.25) is 0 Å². The number of carbonyl (C=O) groups is 2. The second-order valence-electron chi connectivity index (χ2n) is 4.23. The Kier molecular flexibility index (Phi) is 4.47. The molecule has 0 saturated carbocycles. The SMILES string of the molecule is C#Cc1ccc(-c2cc(C=O)nc(C(=O)OCC)c2)cc1. The zero-order chi connectivity index (χ0) is 15.2. The van der Waals surface area contributed by atoms with Crippen LogP contribution in [0, 0.1) is 12.3 Å². The van der Waals surface area contributed by atoms with E-state index < -0.39 is 5.97 Å². The van der Waals surface area contributed by atoms with E-state index in [9.17, 15) is 9.59 Å². The lowest BCUT2D eigenvalue weighted by Crippen LogP contribution is -2.08. The number of nitrogens with zero attached hydrogens (tertiary/aromatic N) is 1. The largest absolute Gasteiger partial charge is 0.461 e. The molecule has 4 nitrogen and oxygen atoms in total. The van der Waals surface area contributed by atoms with Gasteiger partial charge < -0.3 is 4.74 Å². The number of aldehydes is 1. The van der Waals surface area contributed by atoms with Crippen LogP contribution in [0.1, 0.15) is 33.5 Å². The average molecular weight is 279 g/mol. The maximum absolute atomic E-state index is 11.8. The third-order valence-corrected chi connectivity index (χ3v) is 2.84. The Morgan fingerprint density at radius 2 is 2.00 bits per heavy atom. The van der Waals surface area contributed by atoms with E-state index in [2.05, 4.69) is 10.9 Å². The molecule has 2 rings (SSSR count). The molecule has 1 aromatic carbocycles. The molecule has 4 heteroatoms. The highest BCUT2D eigenvalue weighted by molar-refractivity contribution is 5.90. The molecule has 0 radical (unpaired) electrons. The molecule has 0 spiro atoms. The van der Waals surface area contributed by atoms with Crippen molar-refractivity contribution in [3.8, 4) is 23.5 Å². The van der Waals surface area contributed by atoms with Crippen LogP contribution in [0.2, 0.25) is 0 Å². The topological polar surface area (TPSA) is 56.3 Å². The van der Waals surface area contributed by atoms with Crippen molar-refractivity contribution in [2.45, 2.75) is 6.92 Å². The molecule has 0 unspecified atom stereocenters. The van der Waals surface area contributed by atoms with Crippen molar-refractivity contribution in [1.29, 1.82) is 0 Å². The van der Waals surface area contributed by atoms with Crippen LogP contribution < -0.4 is 0 Å². The molecule has 0 N–H and O–H groups in total. The summed E-state index contributed by atoms with van der Waals surface area (Å²) in [4.78, 5) is 26.7. The van der Waals surface area contributed by atoms with Gasteiger partial charge >= 0.3 is 5.97 Å². The van der Waals surface area contributed by atoms with E-state index in [4.69, 9.17) is 11.2 Å². The fourth-order valence-electron chi connectivity index (χ4n) is 1.85. The summed E-state index contributed by atoms with van der Waals surface area (Å²) in [6, 6.07) is 10.4. The van der Waals surface area contributed by atoms with Crippen molar-refractivity contribution >= 4 is 12.3 Å². The summed E-state index contributed by atoms with van der Waals surface area (Å²) in [5.41, 5.74) is 2.59. The van der Waals surface area contributed by atoms with Gasteiger partial charge in [0.1, 0.15) is 11.4 Å². The lowest BCUT2D eigenvalue weighted by atomic mass is 10.0. The number of carbonyl (C=O) groups excluding carboxylic acids is 2. The highest BCUT2D eigenvalue weighted by Gasteiger charge is 2.12. The highest BCUT2D eigenvalue weighted by atomic mass is 16.5. The molecular formula is C17H13NO3. The van der Waals surface area contributed by atoms with Crippen LogP contribution in [0.3, 0.4) is 0 Å². The predicted molar refractivity (Wildman–Crippen MR) is 79.0 cm³/mol. The number of pyridine rings is 1. The third-order valence-electron chi connectivity index (χ3n) is 2.84. The standard InChI is InChI=1S/C17H13NO3/c1-3-12-5-7-13(8-6-12)14-9-15(11-19)18-16(10-14)17(20)21-4-2/h1,5-11H,4H2,2H3. The summed E-state index contributed by atoms with van der Waals surface area (Å²) in [5.74, 6) is 1.98. The lowest BCUT2D eigenvalue weighted by Gasteiger charge is -2.06. The van der Waals surface area contributed by atoms with E-state index in [0.717, 1.165) is 11.1 Å². The normalized spacial score (nSPS) is 9.71. The molecule has 0 aliphatic heterocycles. The van der Waals surface area contributed by atoms with Crippen LogP contribution in [0.4, 0.5) is 0 Å². The van der Waals surface area contributed by atoms with Crippen molar-refractivity contribution < 1.29 is 14.3 Å². The maximum atomic E-state index is 11.8. The minimum atomic E-state index is -0.553. The summed E-state index contributed by atoms with van der Waals surface area (Å²) in [6.45, 7) is 1.96. The predicted octanol–water partition coefficient (Wildman–Crippen LogP) is 2.72. The summed E-state index contributed by atoms with van der Waals surface area (Å²) in [7, 11) is 0. The summed E-state index contributed by atoms with van der Waals surface area (Å²) in [6.07, 6.45) is 5.91. The number of ether oxygens (including phenoxy) is 1. The monoisotopic (exact) mass is 279 g/mol. The maximum Gasteiger partial charge on any atom is 0.356 e. The van der Waals surface area contributed by atoms with E-state index in [-0.39, 0.29) is 18.0 Å². The van der Waals surface area contributed by atoms with Crippen molar-refractivity contribution in [3.05, 3.63) is 53.3 Å². The Morgan fingerprint density at radius 1 is 1.29 bits per heavy atom. The summed E-state index contributed by atoms with van der Waals surface area (Å²) >= 11 is 0. The number of esters is 1. The first-order chi connectivity index (χ1) is 10.2. The number of hydrogen-bond acceptors (Lipinski definition) is 4. The molecule has 0 aliphatic carbocycles. The number of terminal acetylenes is 1. The van der Waals surface area contributed by atoms with Crippen LogP contribution in [0.5, 0.6) is 0 Å². The minimum absolute atomic E-state index is 0.109. The summed E-state index contributed by atoms with van der Waals surface area (Å²) in [5, 5.41) is 0. The zero-order valence-electron chi connectivity index (χ0n) is 11.5. The van der Waals surface area contributed by atoms with Gasteiger partial charge in [-0.1, -0.05) is 18.1 Å². The van der Waals surface area contributed by atoms with E-state index >= 15 is 0 Å². The van der Waals surface area contributed by atoms with E-state index in [0.29, 0.717) is 11.8 Å². The average Bonchev–Trinajstić information content (AvgIpc) is 2.54. The number of benzene rings is 1. The van der Waals surface area contributed by atoms with Gasteiger partial charge in [0.25, 0.3) is 0 Å².